The number of carbonyl (C=O) groups is 3. The average molecular weight is 616 g/mol. The molecule has 7 atom stereocenters. The Bertz CT molecular complexity index is 1450. The zero-order chi connectivity index (χ0) is 31.0. The van der Waals surface area contributed by atoms with Crippen LogP contribution in [0, 0.1) is 17.8 Å². The summed E-state index contributed by atoms with van der Waals surface area (Å²) in [6.07, 6.45) is 8.82. The third-order valence-corrected chi connectivity index (χ3v) is 11.4. The predicted molar refractivity (Wildman–Crippen MR) is 172 cm³/mol. The van der Waals surface area contributed by atoms with Gasteiger partial charge in [-0.25, -0.2) is 0 Å². The van der Waals surface area contributed by atoms with Crippen molar-refractivity contribution < 1.29 is 24.2 Å². The van der Waals surface area contributed by atoms with Crippen molar-refractivity contribution in [1.29, 1.82) is 0 Å². The predicted octanol–water partition coefficient (Wildman–Crippen LogP) is 4.29. The van der Waals surface area contributed by atoms with Crippen molar-refractivity contribution in [3.8, 4) is 5.75 Å². The first-order valence-corrected chi connectivity index (χ1v) is 16.5. The van der Waals surface area contributed by atoms with E-state index in [-0.39, 0.29) is 35.5 Å². The van der Waals surface area contributed by atoms with E-state index < -0.39 is 28.7 Å². The van der Waals surface area contributed by atoms with Crippen LogP contribution < -0.4 is 9.64 Å². The smallest absolute Gasteiger partial charge is 0.247 e. The summed E-state index contributed by atoms with van der Waals surface area (Å²) < 4.78 is 4.67. The second-order valence-electron chi connectivity index (χ2n) is 12.1. The number of fused-ring (bicyclic) bond motifs is 2. The van der Waals surface area contributed by atoms with Crippen LogP contribution in [0.5, 0.6) is 5.75 Å². The van der Waals surface area contributed by atoms with Crippen molar-refractivity contribution in [3.63, 3.8) is 0 Å². The second-order valence-corrected chi connectivity index (χ2v) is 13.6. The molecule has 0 radical (unpaired) electrons. The molecule has 1 N–H and O–H groups in total. The van der Waals surface area contributed by atoms with Crippen LogP contribution in [0.4, 0.5) is 5.69 Å². The van der Waals surface area contributed by atoms with Crippen molar-refractivity contribution in [2.45, 2.75) is 55.8 Å². The number of likely N-dealkylation sites (tertiary alicyclic amines) is 1. The van der Waals surface area contributed by atoms with Crippen molar-refractivity contribution in [1.82, 2.24) is 9.80 Å². The Hall–Kier alpha value is -3.56. The van der Waals surface area contributed by atoms with Gasteiger partial charge < -0.3 is 24.5 Å². The number of carbonyl (C=O) groups excluding carboxylic acids is 3. The first-order chi connectivity index (χ1) is 21.3. The van der Waals surface area contributed by atoms with Crippen LogP contribution in [0.15, 0.2) is 78.9 Å². The first kappa shape index (κ1) is 30.5. The Balaban J connectivity index is 1.41. The molecule has 4 heterocycles. The number of benzene rings is 2. The minimum atomic E-state index is -0.933. The largest absolute Gasteiger partial charge is 0.494 e. The molecule has 1 unspecified atom stereocenters. The molecule has 2 aromatic rings. The van der Waals surface area contributed by atoms with Crippen LogP contribution in [-0.4, -0.2) is 81.0 Å². The highest BCUT2D eigenvalue weighted by atomic mass is 32.2. The highest BCUT2D eigenvalue weighted by molar-refractivity contribution is 8.02. The lowest BCUT2D eigenvalue weighted by Gasteiger charge is -2.40. The molecule has 1 spiro atoms. The van der Waals surface area contributed by atoms with E-state index in [4.69, 9.17) is 4.74 Å². The number of aliphatic hydroxyl groups is 1. The lowest BCUT2D eigenvalue weighted by atomic mass is 9.78. The normalized spacial score (nSPS) is 29.2. The fourth-order valence-corrected chi connectivity index (χ4v) is 9.35. The zero-order valence-corrected chi connectivity index (χ0v) is 26.4. The molecular formula is C35H41N3O5S. The highest BCUT2D eigenvalue weighted by Crippen LogP contribution is 2.61. The Morgan fingerprint density at radius 3 is 2.41 bits per heavy atom. The molecule has 2 fully saturated rings. The van der Waals surface area contributed by atoms with Gasteiger partial charge in [0.1, 0.15) is 11.8 Å². The molecule has 0 aromatic heterocycles. The van der Waals surface area contributed by atoms with E-state index in [0.29, 0.717) is 26.2 Å². The van der Waals surface area contributed by atoms with E-state index in [1.165, 1.54) is 0 Å². The summed E-state index contributed by atoms with van der Waals surface area (Å²) in [7, 11) is 0. The van der Waals surface area contributed by atoms with Gasteiger partial charge in [0, 0.05) is 30.6 Å². The van der Waals surface area contributed by atoms with E-state index in [9.17, 15) is 19.5 Å². The van der Waals surface area contributed by atoms with E-state index in [1.807, 2.05) is 99.7 Å². The molecule has 44 heavy (non-hydrogen) atoms. The van der Waals surface area contributed by atoms with Crippen LogP contribution in [0.3, 0.4) is 0 Å². The number of thioether (sulfide) groups is 1. The van der Waals surface area contributed by atoms with Gasteiger partial charge in [0.05, 0.1) is 35.8 Å². The molecule has 4 aliphatic rings. The van der Waals surface area contributed by atoms with Crippen molar-refractivity contribution in [2.75, 3.05) is 31.2 Å². The molecule has 3 amide bonds. The zero-order valence-electron chi connectivity index (χ0n) is 25.5. The Labute approximate surface area is 263 Å². The van der Waals surface area contributed by atoms with Crippen LogP contribution >= 0.6 is 11.8 Å². The monoisotopic (exact) mass is 615 g/mol. The SMILES string of the molecule is CCOc1ccc(N2CC=C[C@@H]3S[C@]45C=CCN(Cc6ccccc6)C(=O)C4N([C@@H](CO)[C@@H](C)CC)C(=O)[C@@H]5[C@@H]3C2=O)cc1. The fourth-order valence-electron chi connectivity index (χ4n) is 7.36. The van der Waals surface area contributed by atoms with Crippen molar-refractivity contribution in [3.05, 3.63) is 84.5 Å². The van der Waals surface area contributed by atoms with Gasteiger partial charge in [-0.15, -0.1) is 11.8 Å². The molecule has 0 aliphatic carbocycles. The fraction of sp³-hybridized carbons (Fsp3) is 0.457. The number of amides is 3. The standard InChI is InChI=1S/C35H41N3O5S/c1-4-23(3)27(22-39)38-31-34(42)36(21-24-11-7-6-8-12-24)19-10-18-35(31)30(33(38)41)29-28(44-35)13-9-20-37(32(29)40)25-14-16-26(17-15-25)43-5-2/h6-18,23,27-31,39H,4-5,19-22H2,1-3H3/t23-,27-,28-,29+,30-,31?,35-/m0/s1. The Morgan fingerprint density at radius 1 is 0.977 bits per heavy atom. The van der Waals surface area contributed by atoms with Gasteiger partial charge in [-0.2, -0.15) is 0 Å². The van der Waals surface area contributed by atoms with Crippen molar-refractivity contribution in [2.24, 2.45) is 17.8 Å². The topological polar surface area (TPSA) is 90.4 Å². The number of rotatable bonds is 9. The minimum Gasteiger partial charge on any atom is -0.494 e. The maximum absolute atomic E-state index is 14.7. The van der Waals surface area contributed by atoms with E-state index in [2.05, 4.69) is 0 Å². The molecule has 0 bridgehead atoms. The molecule has 9 heteroatoms. The number of aliphatic hydroxyl groups excluding tert-OH is 1. The van der Waals surface area contributed by atoms with Gasteiger partial charge >= 0.3 is 0 Å². The van der Waals surface area contributed by atoms with Gasteiger partial charge in [-0.05, 0) is 42.7 Å². The lowest BCUT2D eigenvalue weighted by molar-refractivity contribution is -0.147. The van der Waals surface area contributed by atoms with Crippen LogP contribution in [0.1, 0.15) is 32.8 Å². The number of ether oxygens (including phenoxy) is 1. The minimum absolute atomic E-state index is 0.0340. The number of anilines is 1. The van der Waals surface area contributed by atoms with Crippen LogP contribution in [-0.2, 0) is 20.9 Å². The quantitative estimate of drug-likeness (QED) is 0.424. The summed E-state index contributed by atoms with van der Waals surface area (Å²) >= 11 is 1.57. The van der Waals surface area contributed by atoms with Gasteiger partial charge in [0.25, 0.3) is 0 Å². The summed E-state index contributed by atoms with van der Waals surface area (Å²) in [5.41, 5.74) is 1.74. The summed E-state index contributed by atoms with van der Waals surface area (Å²) in [5, 5.41) is 10.4. The van der Waals surface area contributed by atoms with E-state index in [0.717, 1.165) is 23.4 Å². The van der Waals surface area contributed by atoms with E-state index in [1.54, 1.807) is 26.5 Å². The number of hydrogen-bond acceptors (Lipinski definition) is 6. The molecule has 232 valence electrons. The molecule has 6 rings (SSSR count). The lowest BCUT2D eigenvalue weighted by Crippen LogP contribution is -2.57. The Kier molecular flexibility index (Phi) is 8.61. The number of hydrogen-bond donors (Lipinski definition) is 1. The van der Waals surface area contributed by atoms with Gasteiger partial charge in [0.2, 0.25) is 17.7 Å². The van der Waals surface area contributed by atoms with Gasteiger partial charge in [-0.1, -0.05) is 74.9 Å². The summed E-state index contributed by atoms with van der Waals surface area (Å²) in [4.78, 5) is 49.1. The molecule has 8 nitrogen and oxygen atoms in total. The third kappa shape index (κ3) is 5.04. The molecular weight excluding hydrogens is 574 g/mol. The summed E-state index contributed by atoms with van der Waals surface area (Å²) in [6.45, 7) is 7.49. The maximum Gasteiger partial charge on any atom is 0.247 e. The van der Waals surface area contributed by atoms with Crippen molar-refractivity contribution >= 4 is 35.2 Å². The van der Waals surface area contributed by atoms with Gasteiger partial charge in [0.15, 0.2) is 0 Å². The molecule has 4 aliphatic heterocycles. The third-order valence-electron chi connectivity index (χ3n) is 9.70. The molecule has 2 aromatic carbocycles. The maximum atomic E-state index is 14.7. The highest BCUT2D eigenvalue weighted by Gasteiger charge is 2.72. The summed E-state index contributed by atoms with van der Waals surface area (Å²) in [5.74, 6) is -1.17. The van der Waals surface area contributed by atoms with E-state index >= 15 is 0 Å². The second kappa shape index (κ2) is 12.4. The Morgan fingerprint density at radius 2 is 1.73 bits per heavy atom. The number of nitrogens with zero attached hydrogens (tertiary/aromatic N) is 3. The molecule has 2 saturated heterocycles. The first-order valence-electron chi connectivity index (χ1n) is 15.7. The van der Waals surface area contributed by atoms with Gasteiger partial charge in [-0.3, -0.25) is 14.4 Å². The average Bonchev–Trinajstić information content (AvgIpc) is 3.36. The molecule has 0 saturated carbocycles. The summed E-state index contributed by atoms with van der Waals surface area (Å²) in [6, 6.07) is 15.9. The van der Waals surface area contributed by atoms with Crippen LogP contribution in [0.2, 0.25) is 0 Å². The van der Waals surface area contributed by atoms with Crippen LogP contribution in [0.25, 0.3) is 0 Å².